The Morgan fingerprint density at radius 1 is 0.350 bits per heavy atom. The van der Waals surface area contributed by atoms with E-state index in [1.165, 1.54) is 77.0 Å². The lowest BCUT2D eigenvalue weighted by Gasteiger charge is -2.21. The van der Waals surface area contributed by atoms with Crippen molar-refractivity contribution in [3.63, 3.8) is 0 Å². The number of carbonyl (C=O) groups excluding carboxylic acids is 4. The highest BCUT2D eigenvalue weighted by atomic mass is 31.2. The maximum absolute atomic E-state index is 12.9. The molecule has 0 aliphatic carbocycles. The molecule has 0 aromatic rings. The van der Waals surface area contributed by atoms with Gasteiger partial charge in [0.1, 0.15) is 19.3 Å². The van der Waals surface area contributed by atoms with Crippen LogP contribution in [0.15, 0.2) is 0 Å². The fraction of sp³-hybridized carbons (Fsp3) is 0.934. The summed E-state index contributed by atoms with van der Waals surface area (Å²) < 4.78 is 67.8. The molecule has 0 radical (unpaired) electrons. The zero-order chi connectivity index (χ0) is 59.7. The molecular weight excluding hydrogens is 1070 g/mol. The second-order valence-electron chi connectivity index (χ2n) is 23.8. The van der Waals surface area contributed by atoms with Crippen molar-refractivity contribution < 1.29 is 80.2 Å². The number of rotatable bonds is 58. The molecule has 0 saturated heterocycles. The van der Waals surface area contributed by atoms with Crippen LogP contribution in [0.4, 0.5) is 0 Å². The van der Waals surface area contributed by atoms with Crippen LogP contribution in [-0.2, 0) is 65.4 Å². The average Bonchev–Trinajstić information content (AvgIpc) is 3.40. The van der Waals surface area contributed by atoms with Crippen molar-refractivity contribution in [3.8, 4) is 0 Å². The number of hydrogen-bond acceptors (Lipinski definition) is 15. The quantitative estimate of drug-likeness (QED) is 0.0222. The minimum absolute atomic E-state index is 0.102. The number of phosphoric acid groups is 2. The van der Waals surface area contributed by atoms with E-state index in [4.69, 9.17) is 37.0 Å². The molecule has 3 unspecified atom stereocenters. The molecule has 0 aliphatic heterocycles. The molecule has 474 valence electrons. The van der Waals surface area contributed by atoms with Gasteiger partial charge in [0, 0.05) is 25.7 Å². The Morgan fingerprint density at radius 2 is 0.600 bits per heavy atom. The summed E-state index contributed by atoms with van der Waals surface area (Å²) in [7, 11) is -9.88. The number of ether oxygens (including phenoxy) is 4. The SMILES string of the molecule is CCC(C)CCCCCCCCC(=O)OC[C@H](COP(=O)(O)OC[C@H](O)COP(=O)(O)OC[C@@H](COC(=O)CCCCCCCCCC(C)C)OC(=O)CCCCCCCCCC(C)C)OC(=O)CCCCCCCCCC(C)C. The predicted octanol–water partition coefficient (Wildman–Crippen LogP) is 16.2. The molecule has 17 nitrogen and oxygen atoms in total. The highest BCUT2D eigenvalue weighted by Gasteiger charge is 2.30. The van der Waals surface area contributed by atoms with Gasteiger partial charge in [-0.2, -0.15) is 0 Å². The molecule has 0 saturated carbocycles. The van der Waals surface area contributed by atoms with Crippen molar-refractivity contribution in [1.82, 2.24) is 0 Å². The second-order valence-corrected chi connectivity index (χ2v) is 26.7. The van der Waals surface area contributed by atoms with Crippen molar-refractivity contribution in [2.45, 2.75) is 305 Å². The highest BCUT2D eigenvalue weighted by molar-refractivity contribution is 7.47. The molecule has 0 amide bonds. The van der Waals surface area contributed by atoms with E-state index in [0.29, 0.717) is 43.4 Å². The number of unbranched alkanes of at least 4 members (excludes halogenated alkanes) is 23. The molecule has 0 spiro atoms. The number of hydrogen-bond donors (Lipinski definition) is 3. The first-order valence-corrected chi connectivity index (χ1v) is 34.7. The van der Waals surface area contributed by atoms with Crippen molar-refractivity contribution in [1.29, 1.82) is 0 Å². The van der Waals surface area contributed by atoms with Gasteiger partial charge in [-0.05, 0) is 49.4 Å². The number of esters is 4. The minimum Gasteiger partial charge on any atom is -0.462 e. The first-order chi connectivity index (χ1) is 38.1. The Morgan fingerprint density at radius 3 is 0.887 bits per heavy atom. The number of aliphatic hydroxyl groups is 1. The average molecular weight is 1190 g/mol. The lowest BCUT2D eigenvalue weighted by molar-refractivity contribution is -0.161. The van der Waals surface area contributed by atoms with Crippen molar-refractivity contribution >= 4 is 39.5 Å². The molecule has 0 bridgehead atoms. The molecule has 6 atom stereocenters. The molecule has 0 aliphatic rings. The van der Waals surface area contributed by atoms with Crippen LogP contribution in [0.1, 0.15) is 287 Å². The summed E-state index contributed by atoms with van der Waals surface area (Å²) in [6.45, 7) is 13.8. The first kappa shape index (κ1) is 78.1. The summed E-state index contributed by atoms with van der Waals surface area (Å²) in [5.41, 5.74) is 0. The molecule has 0 fully saturated rings. The van der Waals surface area contributed by atoms with E-state index in [-0.39, 0.29) is 25.7 Å². The molecule has 0 rings (SSSR count). The topological polar surface area (TPSA) is 237 Å². The molecular formula is C61H118O17P2. The van der Waals surface area contributed by atoms with Crippen LogP contribution in [0.5, 0.6) is 0 Å². The Kier molecular flexibility index (Phi) is 50.2. The third-order valence-electron chi connectivity index (χ3n) is 14.2. The zero-order valence-electron chi connectivity index (χ0n) is 51.7. The van der Waals surface area contributed by atoms with Gasteiger partial charge in [-0.3, -0.25) is 37.3 Å². The Hall–Kier alpha value is -1.94. The van der Waals surface area contributed by atoms with E-state index in [1.807, 2.05) is 0 Å². The smallest absolute Gasteiger partial charge is 0.462 e. The zero-order valence-corrected chi connectivity index (χ0v) is 53.5. The molecule has 0 heterocycles. The van der Waals surface area contributed by atoms with Gasteiger partial charge >= 0.3 is 39.5 Å². The van der Waals surface area contributed by atoms with Crippen LogP contribution in [-0.4, -0.2) is 96.7 Å². The summed E-state index contributed by atoms with van der Waals surface area (Å²) in [6.07, 6.45) is 29.7. The summed E-state index contributed by atoms with van der Waals surface area (Å²) >= 11 is 0. The van der Waals surface area contributed by atoms with Crippen LogP contribution in [0.25, 0.3) is 0 Å². The van der Waals surface area contributed by atoms with Gasteiger partial charge in [0.15, 0.2) is 12.2 Å². The fourth-order valence-electron chi connectivity index (χ4n) is 8.87. The number of aliphatic hydroxyl groups excluding tert-OH is 1. The molecule has 0 aromatic carbocycles. The van der Waals surface area contributed by atoms with Gasteiger partial charge in [0.05, 0.1) is 26.4 Å². The minimum atomic E-state index is -4.94. The predicted molar refractivity (Wildman–Crippen MR) is 317 cm³/mol. The Labute approximate surface area is 486 Å². The molecule has 80 heavy (non-hydrogen) atoms. The van der Waals surface area contributed by atoms with E-state index < -0.39 is 97.5 Å². The van der Waals surface area contributed by atoms with Gasteiger partial charge in [-0.25, -0.2) is 9.13 Å². The van der Waals surface area contributed by atoms with Crippen molar-refractivity contribution in [2.24, 2.45) is 23.7 Å². The van der Waals surface area contributed by atoms with E-state index in [2.05, 4.69) is 55.4 Å². The van der Waals surface area contributed by atoms with Crippen molar-refractivity contribution in [2.75, 3.05) is 39.6 Å². The fourth-order valence-corrected chi connectivity index (χ4v) is 10.4. The van der Waals surface area contributed by atoms with E-state index in [0.717, 1.165) is 109 Å². The van der Waals surface area contributed by atoms with Gasteiger partial charge in [-0.15, -0.1) is 0 Å². The highest BCUT2D eigenvalue weighted by Crippen LogP contribution is 2.45. The summed E-state index contributed by atoms with van der Waals surface area (Å²) in [4.78, 5) is 72.0. The van der Waals surface area contributed by atoms with Gasteiger partial charge in [-0.1, -0.05) is 235 Å². The van der Waals surface area contributed by atoms with Gasteiger partial charge in [0.2, 0.25) is 0 Å². The Balaban J connectivity index is 5.26. The van der Waals surface area contributed by atoms with E-state index in [1.54, 1.807) is 0 Å². The maximum Gasteiger partial charge on any atom is 0.472 e. The van der Waals surface area contributed by atoms with Gasteiger partial charge < -0.3 is 33.8 Å². The Bertz CT molecular complexity index is 1610. The van der Waals surface area contributed by atoms with E-state index >= 15 is 0 Å². The summed E-state index contributed by atoms with van der Waals surface area (Å²) in [5, 5.41) is 10.5. The monoisotopic (exact) mass is 1180 g/mol. The van der Waals surface area contributed by atoms with Crippen LogP contribution >= 0.6 is 15.6 Å². The second kappa shape index (κ2) is 51.5. The van der Waals surface area contributed by atoms with Crippen LogP contribution < -0.4 is 0 Å². The van der Waals surface area contributed by atoms with Crippen LogP contribution in [0, 0.1) is 23.7 Å². The van der Waals surface area contributed by atoms with E-state index in [9.17, 15) is 43.2 Å². The lowest BCUT2D eigenvalue weighted by atomic mass is 10.00. The maximum atomic E-state index is 12.9. The largest absolute Gasteiger partial charge is 0.472 e. The van der Waals surface area contributed by atoms with Crippen LogP contribution in [0.3, 0.4) is 0 Å². The van der Waals surface area contributed by atoms with Crippen LogP contribution in [0.2, 0.25) is 0 Å². The normalized spacial score (nSPS) is 14.9. The summed E-state index contributed by atoms with van der Waals surface area (Å²) in [6, 6.07) is 0. The molecule has 3 N–H and O–H groups in total. The van der Waals surface area contributed by atoms with Crippen molar-refractivity contribution in [3.05, 3.63) is 0 Å². The first-order valence-electron chi connectivity index (χ1n) is 31.7. The third kappa shape index (κ3) is 54.0. The standard InChI is InChI=1S/C61H118O17P2/c1-9-54(8)40-32-24-19-20-26-34-42-59(64)72-48-57(78-61(66)44-36-28-18-12-15-23-31-39-53(6)7)50-76-80(69,70)74-46-55(62)45-73-79(67,68)75-49-56(77-60(65)43-35-27-17-11-14-22-30-38-52(4)5)47-71-58(63)41-33-25-16-10-13-21-29-37-51(2)3/h51-57,62H,9-50H2,1-8H3,(H,67,68)(H,69,70)/t54?,55-,56-,57-/m1/s1. The summed E-state index contributed by atoms with van der Waals surface area (Å²) in [5.74, 6) is 0.679. The van der Waals surface area contributed by atoms with Gasteiger partial charge in [0.25, 0.3) is 0 Å². The lowest BCUT2D eigenvalue weighted by Crippen LogP contribution is -2.30. The third-order valence-corrected chi connectivity index (χ3v) is 16.1. The number of phosphoric ester groups is 2. The molecule has 19 heteroatoms. The number of carbonyl (C=O) groups is 4. The molecule has 0 aromatic heterocycles.